The van der Waals surface area contributed by atoms with Gasteiger partial charge in [0.05, 0.1) is 19.0 Å². The predicted octanol–water partition coefficient (Wildman–Crippen LogP) is 1.90. The minimum atomic E-state index is 0. The minimum absolute atomic E-state index is 0. The third-order valence-electron chi connectivity index (χ3n) is 2.50. The lowest BCUT2D eigenvalue weighted by atomic mass is 10.4. The van der Waals surface area contributed by atoms with Crippen LogP contribution in [0.25, 0.3) is 0 Å². The molecule has 2 aromatic rings. The van der Waals surface area contributed by atoms with Crippen LogP contribution >= 0.6 is 24.8 Å². The van der Waals surface area contributed by atoms with Gasteiger partial charge in [0, 0.05) is 0 Å². The largest absolute Gasteiger partial charge is 0.147 e. The lowest BCUT2D eigenvalue weighted by Gasteiger charge is -1.89. The van der Waals surface area contributed by atoms with E-state index < -0.39 is 0 Å². The molecular formula is C14H22Cl2Si2. The Morgan fingerprint density at radius 2 is 0.833 bits per heavy atom. The number of halogens is 2. The zero-order valence-electron chi connectivity index (χ0n) is 11.0. The smallest absolute Gasteiger partial charge is 0.0516 e. The molecule has 0 heterocycles. The summed E-state index contributed by atoms with van der Waals surface area (Å²) in [5, 5.41) is 3.10. The van der Waals surface area contributed by atoms with Crippen molar-refractivity contribution in [1.82, 2.24) is 0 Å². The molecule has 0 radical (unpaired) electrons. The summed E-state index contributed by atoms with van der Waals surface area (Å²) in [6.07, 6.45) is 0. The first-order chi connectivity index (χ1) is 7.86. The quantitative estimate of drug-likeness (QED) is 0.742. The summed E-state index contributed by atoms with van der Waals surface area (Å²) in [5.74, 6) is 0. The number of hydrogen-bond acceptors (Lipinski definition) is 0. The summed E-state index contributed by atoms with van der Waals surface area (Å²) in [4.78, 5) is 0. The first-order valence-corrected chi connectivity index (χ1v) is 10.2. The summed E-state index contributed by atoms with van der Waals surface area (Å²) in [6, 6.07) is 21.3. The Balaban J connectivity index is 0. The average Bonchev–Trinajstić information content (AvgIpc) is 2.41. The molecule has 100 valence electrons. The number of hydrogen-bond donors (Lipinski definition) is 0. The molecule has 18 heavy (non-hydrogen) atoms. The van der Waals surface area contributed by atoms with Gasteiger partial charge in [0.25, 0.3) is 0 Å². The van der Waals surface area contributed by atoms with Crippen molar-refractivity contribution < 1.29 is 0 Å². The van der Waals surface area contributed by atoms with E-state index in [1.165, 1.54) is 0 Å². The predicted molar refractivity (Wildman–Crippen MR) is 95.5 cm³/mol. The Morgan fingerprint density at radius 1 is 0.556 bits per heavy atom. The molecule has 0 spiro atoms. The fraction of sp³-hybridized carbons (Fsp3) is 0.143. The molecule has 0 aliphatic rings. The van der Waals surface area contributed by atoms with Gasteiger partial charge in [-0.1, -0.05) is 84.1 Å². The third-order valence-corrected chi connectivity index (χ3v) is 5.08. The van der Waals surface area contributed by atoms with Crippen LogP contribution in [0.2, 0.25) is 13.1 Å². The molecule has 0 N–H and O–H groups in total. The molecule has 0 aromatic heterocycles. The van der Waals surface area contributed by atoms with Gasteiger partial charge in [0.1, 0.15) is 0 Å². The van der Waals surface area contributed by atoms with E-state index in [-0.39, 0.29) is 43.9 Å². The van der Waals surface area contributed by atoms with Gasteiger partial charge in [-0.05, 0) is 0 Å². The number of benzene rings is 2. The van der Waals surface area contributed by atoms with Crippen molar-refractivity contribution in [3.05, 3.63) is 60.7 Å². The van der Waals surface area contributed by atoms with Crippen molar-refractivity contribution in [1.29, 1.82) is 0 Å². The fourth-order valence-corrected chi connectivity index (χ4v) is 2.91. The Hall–Kier alpha value is -0.546. The van der Waals surface area contributed by atoms with Crippen LogP contribution < -0.4 is 10.4 Å². The van der Waals surface area contributed by atoms with E-state index in [1.54, 1.807) is 10.4 Å². The van der Waals surface area contributed by atoms with Crippen LogP contribution in [0.1, 0.15) is 0 Å². The van der Waals surface area contributed by atoms with Crippen LogP contribution in [-0.4, -0.2) is 19.0 Å². The highest BCUT2D eigenvalue weighted by Gasteiger charge is 1.81. The Morgan fingerprint density at radius 3 is 1.00 bits per heavy atom. The monoisotopic (exact) mass is 316 g/mol. The minimum Gasteiger partial charge on any atom is -0.147 e. The van der Waals surface area contributed by atoms with E-state index in [0.717, 1.165) is 0 Å². The average molecular weight is 317 g/mol. The van der Waals surface area contributed by atoms with Gasteiger partial charge >= 0.3 is 0 Å². The third kappa shape index (κ3) is 8.53. The second kappa shape index (κ2) is 12.9. The summed E-state index contributed by atoms with van der Waals surface area (Å²) >= 11 is 0. The van der Waals surface area contributed by atoms with Gasteiger partial charge in [-0.3, -0.25) is 0 Å². The normalized spacial score (nSPS) is 9.44. The molecule has 2 aromatic carbocycles. The van der Waals surface area contributed by atoms with E-state index in [1.807, 2.05) is 0 Å². The van der Waals surface area contributed by atoms with Gasteiger partial charge in [-0.25, -0.2) is 0 Å². The molecule has 0 saturated carbocycles. The van der Waals surface area contributed by atoms with Gasteiger partial charge in [0.2, 0.25) is 0 Å². The standard InChI is InChI=1S/2C7H10Si.2ClH/c2*1-8-7-5-3-2-4-6-7;;/h2*2-6H,8H2,1H3;2*1H. The molecule has 4 heteroatoms. The van der Waals surface area contributed by atoms with E-state index in [2.05, 4.69) is 73.8 Å². The van der Waals surface area contributed by atoms with Crippen molar-refractivity contribution >= 4 is 54.2 Å². The van der Waals surface area contributed by atoms with Crippen LogP contribution in [0.5, 0.6) is 0 Å². The molecule has 0 bridgehead atoms. The van der Waals surface area contributed by atoms with Gasteiger partial charge < -0.3 is 0 Å². The number of rotatable bonds is 2. The lowest BCUT2D eigenvalue weighted by Crippen LogP contribution is -2.07. The molecular weight excluding hydrogens is 295 g/mol. The summed E-state index contributed by atoms with van der Waals surface area (Å²) in [7, 11) is 0.183. The van der Waals surface area contributed by atoms with E-state index >= 15 is 0 Å². The van der Waals surface area contributed by atoms with E-state index in [4.69, 9.17) is 0 Å². The zero-order valence-corrected chi connectivity index (χ0v) is 15.5. The maximum Gasteiger partial charge on any atom is 0.0516 e. The Bertz CT molecular complexity index is 340. The first-order valence-electron chi connectivity index (χ1n) is 5.94. The first kappa shape index (κ1) is 19.8. The zero-order chi connectivity index (χ0) is 11.6. The second-order valence-corrected chi connectivity index (χ2v) is 6.73. The highest BCUT2D eigenvalue weighted by Crippen LogP contribution is 1.80. The van der Waals surface area contributed by atoms with Crippen LogP contribution in [-0.2, 0) is 0 Å². The van der Waals surface area contributed by atoms with Crippen molar-refractivity contribution in [2.75, 3.05) is 0 Å². The highest BCUT2D eigenvalue weighted by atomic mass is 35.5. The van der Waals surface area contributed by atoms with E-state index in [0.29, 0.717) is 0 Å². The van der Waals surface area contributed by atoms with Crippen molar-refractivity contribution in [3.8, 4) is 0 Å². The summed E-state index contributed by atoms with van der Waals surface area (Å²) < 4.78 is 0. The molecule has 0 fully saturated rings. The van der Waals surface area contributed by atoms with Gasteiger partial charge in [0.15, 0.2) is 0 Å². The van der Waals surface area contributed by atoms with Crippen molar-refractivity contribution in [2.24, 2.45) is 0 Å². The lowest BCUT2D eigenvalue weighted by molar-refractivity contribution is 1.77. The molecule has 0 amide bonds. The van der Waals surface area contributed by atoms with Gasteiger partial charge in [-0.2, -0.15) is 0 Å². The summed E-state index contributed by atoms with van der Waals surface area (Å²) in [6.45, 7) is 4.60. The van der Waals surface area contributed by atoms with Crippen LogP contribution in [0.4, 0.5) is 0 Å². The molecule has 0 aliphatic carbocycles. The van der Waals surface area contributed by atoms with Crippen LogP contribution in [0.3, 0.4) is 0 Å². The Labute approximate surface area is 128 Å². The highest BCUT2D eigenvalue weighted by molar-refractivity contribution is 6.52. The maximum absolute atomic E-state index is 2.30. The molecule has 0 nitrogen and oxygen atoms in total. The maximum atomic E-state index is 2.30. The van der Waals surface area contributed by atoms with Crippen LogP contribution in [0, 0.1) is 0 Å². The SMILES string of the molecule is C[SiH2]c1ccccc1.C[SiH2]c1ccccc1.Cl.Cl. The summed E-state index contributed by atoms with van der Waals surface area (Å²) in [5.41, 5.74) is 0. The van der Waals surface area contributed by atoms with E-state index in [9.17, 15) is 0 Å². The second-order valence-electron chi connectivity index (χ2n) is 3.68. The molecule has 0 atom stereocenters. The van der Waals surface area contributed by atoms with Crippen molar-refractivity contribution in [2.45, 2.75) is 13.1 Å². The molecule has 0 unspecified atom stereocenters. The van der Waals surface area contributed by atoms with Crippen molar-refractivity contribution in [3.63, 3.8) is 0 Å². The topological polar surface area (TPSA) is 0 Å². The fourth-order valence-electron chi connectivity index (χ4n) is 1.43. The molecule has 0 aliphatic heterocycles. The molecule has 0 saturated heterocycles. The Kier molecular flexibility index (Phi) is 14.2. The van der Waals surface area contributed by atoms with Crippen LogP contribution in [0.15, 0.2) is 60.7 Å². The van der Waals surface area contributed by atoms with Gasteiger partial charge in [-0.15, -0.1) is 24.8 Å². The molecule has 2 rings (SSSR count).